The fourth-order valence-electron chi connectivity index (χ4n) is 5.85. The van der Waals surface area contributed by atoms with Crippen molar-refractivity contribution in [1.82, 2.24) is 0 Å². The first kappa shape index (κ1) is 180. The van der Waals surface area contributed by atoms with Crippen molar-refractivity contribution in [2.45, 2.75) is 468 Å². The normalized spacial score (nSPS) is 11.0. The molecule has 0 fully saturated rings. The van der Waals surface area contributed by atoms with Gasteiger partial charge in [0.2, 0.25) is 0 Å². The van der Waals surface area contributed by atoms with Crippen molar-refractivity contribution in [3.63, 3.8) is 0 Å². The van der Waals surface area contributed by atoms with Gasteiger partial charge in [-0.2, -0.15) is 14.0 Å². The molecule has 1 aromatic rings. The summed E-state index contributed by atoms with van der Waals surface area (Å²) in [5.41, 5.74) is 8.36. The van der Waals surface area contributed by atoms with Crippen molar-refractivity contribution in [1.29, 1.82) is 5.26 Å². The average molecular weight is 2360 g/mol. The van der Waals surface area contributed by atoms with Crippen molar-refractivity contribution in [3.8, 4) is 5.40 Å². The number of thioether (sulfide) groups is 3. The van der Waals surface area contributed by atoms with Crippen LogP contribution < -0.4 is 5.90 Å². The van der Waals surface area contributed by atoms with Crippen LogP contribution >= 0.6 is 143 Å². The van der Waals surface area contributed by atoms with Gasteiger partial charge in [-0.05, 0) is 323 Å². The van der Waals surface area contributed by atoms with E-state index in [1.54, 1.807) is 190 Å². The Morgan fingerprint density at radius 1 is 0.459 bits per heavy atom. The van der Waals surface area contributed by atoms with Crippen LogP contribution in [0.1, 0.15) is 325 Å². The number of rotatable bonds is 53. The Kier molecular flexibility index (Phi) is 172. The van der Waals surface area contributed by atoms with Crippen LogP contribution in [-0.4, -0.2) is 253 Å². The number of azide groups is 1. The summed E-state index contributed by atoms with van der Waals surface area (Å²) in [6.07, 6.45) is 4.84. The molecule has 1 aromatic carbocycles. The molecule has 47 heteroatoms. The third kappa shape index (κ3) is 261. The van der Waals surface area contributed by atoms with Crippen LogP contribution in [0.25, 0.3) is 10.4 Å². The molecule has 0 spiro atoms. The van der Waals surface area contributed by atoms with Crippen LogP contribution in [0.3, 0.4) is 0 Å². The zero-order valence-electron chi connectivity index (χ0n) is 98.7. The molecule has 0 aliphatic carbocycles. The molecule has 0 amide bonds. The van der Waals surface area contributed by atoms with Crippen LogP contribution in [0.15, 0.2) is 65.7 Å². The molecule has 0 radical (unpaired) electrons. The molecule has 0 aromatic heterocycles. The van der Waals surface area contributed by atoms with Gasteiger partial charge in [0, 0.05) is 39.1 Å². The highest BCUT2D eigenvalue weighted by Gasteiger charge is 2.23. The number of nitriles is 1. The SMILES string of the molecule is C=CCOC(=O)OC(C)C.C=CCOC(C)C.CC(C)OC(C)(F)F.CC(C)OC(F)N=[N+]=[N-].CC(C)OCSC#N.CC(C)OCSSC(C)(C)C.CC(C)OCSSC(C)C.CC(C)OCSc1ccccc1.CC(C)ON.CC(C)O[N+](=O)[O-].CCOC(=O)OC(C)C.CCOC(=O)OC(C)C.CCOC(C)C.CCSC(C)OC(C)C.CCSSCOC(C)C.CSSC(C)OC(C)C.CSSCOC(C)C. The molecule has 3 unspecified atom stereocenters. The van der Waals surface area contributed by atoms with E-state index >= 15 is 0 Å². The van der Waals surface area contributed by atoms with Gasteiger partial charge in [0.25, 0.3) is 11.6 Å². The van der Waals surface area contributed by atoms with Crippen molar-refractivity contribution in [2.75, 3.05) is 92.7 Å². The van der Waals surface area contributed by atoms with Gasteiger partial charge in [-0.15, -0.1) is 28.5 Å². The first-order chi connectivity index (χ1) is 67.5. The summed E-state index contributed by atoms with van der Waals surface area (Å²) in [5, 5.41) is 21.9. The maximum Gasteiger partial charge on any atom is 0.508 e. The predicted molar refractivity (Wildman–Crippen MR) is 638 cm³/mol. The number of nitrogens with two attached hydrogens (primary N) is 1. The second kappa shape index (κ2) is 139. The molecule has 882 valence electrons. The van der Waals surface area contributed by atoms with Crippen molar-refractivity contribution in [3.05, 3.63) is 76.2 Å². The summed E-state index contributed by atoms with van der Waals surface area (Å²) in [5.74, 6) is 11.4. The zero-order valence-corrected chi connectivity index (χ0v) is 109. The van der Waals surface area contributed by atoms with Crippen LogP contribution in [0.4, 0.5) is 27.6 Å². The smallest absolute Gasteiger partial charge is 0.435 e. The fourth-order valence-corrected chi connectivity index (χ4v) is 15.5. The number of benzene rings is 1. The van der Waals surface area contributed by atoms with Crippen LogP contribution in [0, 0.1) is 20.8 Å². The summed E-state index contributed by atoms with van der Waals surface area (Å²) in [4.78, 5) is 52.4. The Morgan fingerprint density at radius 3 is 1.09 bits per heavy atom. The molecule has 0 saturated carbocycles. The minimum Gasteiger partial charge on any atom is -0.435 e. The van der Waals surface area contributed by atoms with E-state index in [0.29, 0.717) is 102 Å². The standard InChI is InChI=1S/C10H14OS.C8H18OS2.C7H12O3.C7H16OS2.C7H16OS.2C6H12O3.2C6H14OS2.C6H12O.C5H10F2O.C5H9NOS.C5H12OS2.C5H12O.C4H8FN3O.C3H7NO3.C3H9NO/c1-9(2)11-8-12-10-6-4-3-5-7-10;1-7(2)9-6-10-11-8(3,4)5;1-4-5-9-7(8)10-6(2)3;1-6(2)8-5-9-10-7(3)4;1-5-9-7(4)8-6(2)3;2*1-4-8-6(7)9-5(2)3;1-5(2)7-6(3)9-8-4;1-4-8-9-5-7-6(2)3;1-4-5-7-6(2)3;1-4(2)8-5(3,6)7;1-5(2)7-4-8-3-6;1-5(2)6-4-8-7-3;1-4-6-5(2)3;1-3(2)9-4(5)7-8-6;1-3(2)7-4(5)6;1-3(2)5-4/h3-7,9H,8H2,1-2H3;7H,6H2,1-5H3;4,6H,1,5H2,2-3H3;6-7H,5H2,1-4H3;6-7H,5H2,1-4H3;2*5H,4H2,1-3H3;5-6H,1-4H3;6H,4-5H2,1-3H3;4,6H,1,5H2,2-3H3;4H,1-3H3;5H,4H2,1-2H3;5H,4H2,1-3H3;5H,4H2,1-3H3;3-4H,1-2H3;3H,1-2H3;3H,4H2,1-2H3. The number of hydrogen-bond acceptors (Lipinski definition) is 41. The minimum atomic E-state index is -2.98. The van der Waals surface area contributed by atoms with Crippen LogP contribution in [0.2, 0.25) is 0 Å². The Morgan fingerprint density at radius 2 is 0.829 bits per heavy atom. The van der Waals surface area contributed by atoms with E-state index in [4.69, 9.17) is 58.2 Å². The van der Waals surface area contributed by atoms with Gasteiger partial charge < -0.3 is 94.9 Å². The molecule has 0 bridgehead atoms. The van der Waals surface area contributed by atoms with Gasteiger partial charge in [0.05, 0.1) is 123 Å². The lowest BCUT2D eigenvalue weighted by Gasteiger charge is -2.16. The Hall–Kier alpha value is -1.71. The lowest BCUT2D eigenvalue weighted by molar-refractivity contribution is -0.766. The maximum absolute atomic E-state index is 12.0. The fraction of sp³-hybridized carbons (Fsp3) is 0.859. The third-order valence-corrected chi connectivity index (χ3v) is 23.9. The molecule has 2 N–H and O–H groups in total. The van der Waals surface area contributed by atoms with E-state index in [1.165, 1.54) is 11.0 Å². The zero-order chi connectivity index (χ0) is 118. The van der Waals surface area contributed by atoms with E-state index < -0.39 is 42.2 Å². The largest absolute Gasteiger partial charge is 0.508 e. The highest BCUT2D eigenvalue weighted by atomic mass is 33.1. The van der Waals surface area contributed by atoms with E-state index in [2.05, 4.69) is 227 Å². The molecule has 0 aliphatic heterocycles. The summed E-state index contributed by atoms with van der Waals surface area (Å²) in [7, 11) is 17.9. The summed E-state index contributed by atoms with van der Waals surface area (Å²) in [6, 6.07) is 10.3. The number of carbonyl (C=O) groups is 3. The first-order valence-corrected chi connectivity index (χ1v) is 64.0. The number of thiocyanates is 1. The Bertz CT molecular complexity index is 2800. The van der Waals surface area contributed by atoms with Crippen molar-refractivity contribution in [2.24, 2.45) is 11.0 Å². The van der Waals surface area contributed by atoms with E-state index in [0.717, 1.165) is 66.5 Å². The maximum atomic E-state index is 12.0. The van der Waals surface area contributed by atoms with E-state index in [-0.39, 0.29) is 49.3 Å². The number of ether oxygens (including phenoxy) is 18. The molecule has 146 heavy (non-hydrogen) atoms. The predicted octanol–water partition coefficient (Wildman–Crippen LogP) is 34.7. The summed E-state index contributed by atoms with van der Waals surface area (Å²) in [6.45, 7) is 97.8. The van der Waals surface area contributed by atoms with Gasteiger partial charge in [-0.3, -0.25) is 0 Å². The number of hydrogen-bond donors (Lipinski definition) is 1. The first-order valence-electron chi connectivity index (χ1n) is 48.5. The van der Waals surface area contributed by atoms with Crippen LogP contribution in [-0.2, 0) is 94.9 Å². The third-order valence-electron chi connectivity index (χ3n) is 10.6. The van der Waals surface area contributed by atoms with Gasteiger partial charge in [0.15, 0.2) is 0 Å². The molecule has 31 nitrogen and oxygen atoms in total. The molecule has 1 rings (SSSR count). The lowest BCUT2D eigenvalue weighted by atomic mass is 10.3. The van der Waals surface area contributed by atoms with Crippen LogP contribution in [0.5, 0.6) is 0 Å². The molecule has 0 saturated heterocycles. The van der Waals surface area contributed by atoms with E-state index in [1.807, 2.05) is 164 Å². The molecular formula is C99H207F3N6O25S13. The second-order valence-corrected chi connectivity index (χ2v) is 50.6. The lowest BCUT2D eigenvalue weighted by Crippen LogP contribution is -2.20. The Labute approximate surface area is 939 Å². The van der Waals surface area contributed by atoms with Gasteiger partial charge >= 0.3 is 24.6 Å². The Balaban J connectivity index is -0.0000000881. The minimum absolute atomic E-state index is 0.0935. The second-order valence-electron chi connectivity index (χ2n) is 33.4. The topological polar surface area (TPSA) is 378 Å². The molecular weight excluding hydrogens is 2150 g/mol. The number of alkyl halides is 3. The summed E-state index contributed by atoms with van der Waals surface area (Å²) < 4.78 is 124. The number of halogens is 3. The average Bonchev–Trinajstić information content (AvgIpc) is 0.950. The van der Waals surface area contributed by atoms with Crippen molar-refractivity contribution >= 4 is 162 Å². The van der Waals surface area contributed by atoms with Crippen molar-refractivity contribution < 1.29 is 128 Å². The van der Waals surface area contributed by atoms with Gasteiger partial charge in [-0.25, -0.2) is 24.7 Å². The van der Waals surface area contributed by atoms with E-state index in [9.17, 15) is 37.7 Å². The van der Waals surface area contributed by atoms with Gasteiger partial charge in [0.1, 0.15) is 58.7 Å². The number of carbonyl (C=O) groups excluding carboxylic acids is 3. The highest BCUT2D eigenvalue weighted by Crippen LogP contribution is 2.35. The molecule has 0 aliphatic rings. The highest BCUT2D eigenvalue weighted by molar-refractivity contribution is 8.78. The molecule has 3 atom stereocenters. The monoisotopic (exact) mass is 2350 g/mol. The van der Waals surface area contributed by atoms with Gasteiger partial charge in [-0.1, -0.05) is 205 Å². The molecule has 0 heterocycles. The number of nitrogens with zero attached hydrogens (tertiary/aromatic N) is 5. The summed E-state index contributed by atoms with van der Waals surface area (Å²) >= 11 is 4.68. The quantitative estimate of drug-likeness (QED) is 0.00502.